The summed E-state index contributed by atoms with van der Waals surface area (Å²) in [4.78, 5) is 0. The molecule has 2 aromatic heterocycles. The molecular weight excluding hydrogens is 391 g/mol. The highest BCUT2D eigenvalue weighted by Gasteiger charge is 2.22. The van der Waals surface area contributed by atoms with Crippen LogP contribution in [0.4, 0.5) is 0 Å². The molecule has 0 bridgehead atoms. The van der Waals surface area contributed by atoms with Gasteiger partial charge < -0.3 is 4.74 Å². The smallest absolute Gasteiger partial charge is 0.245 e. The van der Waals surface area contributed by atoms with Crippen LogP contribution in [0, 0.1) is 0 Å². The number of hydrogen-bond acceptors (Lipinski definition) is 2. The first-order valence-corrected chi connectivity index (χ1v) is 9.56. The lowest BCUT2D eigenvalue weighted by Crippen LogP contribution is -1.99. The highest BCUT2D eigenvalue weighted by molar-refractivity contribution is 6.47. The van der Waals surface area contributed by atoms with Gasteiger partial charge in [-0.2, -0.15) is 0 Å². The first-order valence-electron chi connectivity index (χ1n) is 8.81. The lowest BCUT2D eigenvalue weighted by Gasteiger charge is -2.11. The van der Waals surface area contributed by atoms with Crippen LogP contribution in [0.25, 0.3) is 27.5 Å². The zero-order chi connectivity index (χ0) is 19.1. The summed E-state index contributed by atoms with van der Waals surface area (Å²) in [6.45, 7) is 0. The molecule has 0 amide bonds. The standard InChI is InChI=1S/C23H14Cl2N2O/c24-19-20(25)22-17-13-7-8-14-18(17)23(28-16-11-5-2-6-12-16)26-27(22)21(19)15-9-3-1-4-10-15/h1-14H. The number of fused-ring (bicyclic) bond motifs is 3. The maximum absolute atomic E-state index is 6.65. The molecule has 2 heterocycles. The topological polar surface area (TPSA) is 26.5 Å². The average molecular weight is 405 g/mol. The molecule has 0 saturated carbocycles. The molecular formula is C23H14Cl2N2O. The summed E-state index contributed by atoms with van der Waals surface area (Å²) in [5.74, 6) is 1.21. The molecule has 5 heteroatoms. The minimum Gasteiger partial charge on any atom is -0.437 e. The maximum Gasteiger partial charge on any atom is 0.245 e. The fraction of sp³-hybridized carbons (Fsp3) is 0. The van der Waals surface area contributed by atoms with Gasteiger partial charge in [0.25, 0.3) is 0 Å². The van der Waals surface area contributed by atoms with Crippen molar-refractivity contribution < 1.29 is 4.74 Å². The number of para-hydroxylation sites is 1. The number of ether oxygens (including phenoxy) is 1. The molecule has 0 spiro atoms. The Labute approximate surface area is 171 Å². The molecule has 0 saturated heterocycles. The van der Waals surface area contributed by atoms with Crippen LogP contribution in [0.3, 0.4) is 0 Å². The van der Waals surface area contributed by atoms with Gasteiger partial charge in [0, 0.05) is 16.3 Å². The van der Waals surface area contributed by atoms with E-state index >= 15 is 0 Å². The maximum atomic E-state index is 6.65. The molecule has 0 aliphatic rings. The Hall–Kier alpha value is -3.01. The monoisotopic (exact) mass is 404 g/mol. The molecule has 5 aromatic rings. The summed E-state index contributed by atoms with van der Waals surface area (Å²) in [7, 11) is 0. The predicted molar refractivity (Wildman–Crippen MR) is 115 cm³/mol. The van der Waals surface area contributed by atoms with E-state index in [9.17, 15) is 0 Å². The summed E-state index contributed by atoms with van der Waals surface area (Å²) in [6.07, 6.45) is 0. The first kappa shape index (κ1) is 17.1. The number of aromatic nitrogens is 2. The van der Waals surface area contributed by atoms with E-state index in [1.54, 1.807) is 4.52 Å². The van der Waals surface area contributed by atoms with Crippen LogP contribution in [-0.4, -0.2) is 9.61 Å². The summed E-state index contributed by atoms with van der Waals surface area (Å²) >= 11 is 13.3. The van der Waals surface area contributed by atoms with Crippen molar-refractivity contribution in [2.24, 2.45) is 0 Å². The molecule has 136 valence electrons. The van der Waals surface area contributed by atoms with Crippen LogP contribution in [0.5, 0.6) is 11.6 Å². The second kappa shape index (κ2) is 6.86. The fourth-order valence-electron chi connectivity index (χ4n) is 3.38. The molecule has 0 N–H and O–H groups in total. The van der Waals surface area contributed by atoms with Gasteiger partial charge in [-0.25, -0.2) is 4.52 Å². The molecule has 0 unspecified atom stereocenters. The van der Waals surface area contributed by atoms with Gasteiger partial charge in [0.05, 0.1) is 21.3 Å². The van der Waals surface area contributed by atoms with Crippen LogP contribution in [-0.2, 0) is 0 Å². The summed E-state index contributed by atoms with van der Waals surface area (Å²) < 4.78 is 7.90. The zero-order valence-electron chi connectivity index (χ0n) is 14.6. The summed E-state index contributed by atoms with van der Waals surface area (Å²) in [6, 6.07) is 27.3. The van der Waals surface area contributed by atoms with E-state index in [1.165, 1.54) is 0 Å². The van der Waals surface area contributed by atoms with Gasteiger partial charge in [-0.05, 0) is 18.2 Å². The average Bonchev–Trinajstić information content (AvgIpc) is 3.00. The minimum absolute atomic E-state index is 0.474. The molecule has 0 atom stereocenters. The highest BCUT2D eigenvalue weighted by Crippen LogP contribution is 2.43. The van der Waals surface area contributed by atoms with E-state index in [0.29, 0.717) is 21.7 Å². The molecule has 0 aliphatic carbocycles. The van der Waals surface area contributed by atoms with Gasteiger partial charge in [-0.3, -0.25) is 0 Å². The number of hydrogen-bond donors (Lipinski definition) is 0. The van der Waals surface area contributed by atoms with Crippen molar-refractivity contribution in [3.05, 3.63) is 95.0 Å². The number of benzene rings is 3. The van der Waals surface area contributed by atoms with Gasteiger partial charge in [-0.15, -0.1) is 5.10 Å². The second-order valence-electron chi connectivity index (χ2n) is 6.37. The SMILES string of the molecule is Clc1c(Cl)c2c3ccccc3c(Oc3ccccc3)nn2c1-c1ccccc1. The van der Waals surface area contributed by atoms with E-state index in [4.69, 9.17) is 33.0 Å². The molecule has 0 radical (unpaired) electrons. The van der Waals surface area contributed by atoms with Gasteiger partial charge in [0.15, 0.2) is 0 Å². The minimum atomic E-state index is 0.474. The van der Waals surface area contributed by atoms with E-state index < -0.39 is 0 Å². The Morgan fingerprint density at radius 3 is 2.00 bits per heavy atom. The zero-order valence-corrected chi connectivity index (χ0v) is 16.2. The van der Waals surface area contributed by atoms with Crippen LogP contribution >= 0.6 is 23.2 Å². The third kappa shape index (κ3) is 2.71. The summed E-state index contributed by atoms with van der Waals surface area (Å²) in [5.41, 5.74) is 2.44. The number of nitrogens with zero attached hydrogens (tertiary/aromatic N) is 2. The van der Waals surface area contributed by atoms with Crippen molar-refractivity contribution in [2.45, 2.75) is 0 Å². The molecule has 3 nitrogen and oxygen atoms in total. The Kier molecular flexibility index (Phi) is 4.19. The Balaban J connectivity index is 1.86. The summed E-state index contributed by atoms with van der Waals surface area (Å²) in [5, 5.41) is 7.54. The molecule has 0 aliphatic heterocycles. The molecule has 3 aromatic carbocycles. The quantitative estimate of drug-likeness (QED) is 0.316. The van der Waals surface area contributed by atoms with E-state index in [0.717, 1.165) is 27.5 Å². The van der Waals surface area contributed by atoms with Crippen LogP contribution in [0.2, 0.25) is 10.0 Å². The van der Waals surface area contributed by atoms with Crippen LogP contribution in [0.1, 0.15) is 0 Å². The van der Waals surface area contributed by atoms with Gasteiger partial charge >= 0.3 is 0 Å². The third-order valence-electron chi connectivity index (χ3n) is 4.64. The number of rotatable bonds is 3. The van der Waals surface area contributed by atoms with Crippen molar-refractivity contribution in [3.8, 4) is 22.9 Å². The van der Waals surface area contributed by atoms with Gasteiger partial charge in [-0.1, -0.05) is 89.9 Å². The first-order chi connectivity index (χ1) is 13.7. The largest absolute Gasteiger partial charge is 0.437 e. The third-order valence-corrected chi connectivity index (χ3v) is 5.47. The van der Waals surface area contributed by atoms with Crippen LogP contribution in [0.15, 0.2) is 84.9 Å². The second-order valence-corrected chi connectivity index (χ2v) is 7.12. The molecule has 0 fully saturated rings. The van der Waals surface area contributed by atoms with Crippen molar-refractivity contribution in [1.82, 2.24) is 9.61 Å². The fourth-order valence-corrected chi connectivity index (χ4v) is 3.93. The van der Waals surface area contributed by atoms with E-state index in [-0.39, 0.29) is 0 Å². The van der Waals surface area contributed by atoms with Crippen molar-refractivity contribution >= 4 is 39.5 Å². The Morgan fingerprint density at radius 2 is 1.29 bits per heavy atom. The van der Waals surface area contributed by atoms with Gasteiger partial charge in [0.1, 0.15) is 5.75 Å². The Morgan fingerprint density at radius 1 is 0.679 bits per heavy atom. The Bertz CT molecular complexity index is 1300. The van der Waals surface area contributed by atoms with Gasteiger partial charge in [0.2, 0.25) is 5.88 Å². The van der Waals surface area contributed by atoms with Crippen molar-refractivity contribution in [1.29, 1.82) is 0 Å². The van der Waals surface area contributed by atoms with Crippen LogP contribution < -0.4 is 4.74 Å². The van der Waals surface area contributed by atoms with E-state index in [1.807, 2.05) is 84.9 Å². The van der Waals surface area contributed by atoms with Crippen molar-refractivity contribution in [2.75, 3.05) is 0 Å². The predicted octanol–water partition coefficient (Wildman–Crippen LogP) is 7.25. The van der Waals surface area contributed by atoms with Crippen molar-refractivity contribution in [3.63, 3.8) is 0 Å². The lowest BCUT2D eigenvalue weighted by molar-refractivity contribution is 0.459. The molecule has 28 heavy (non-hydrogen) atoms. The van der Waals surface area contributed by atoms with E-state index in [2.05, 4.69) is 0 Å². The lowest BCUT2D eigenvalue weighted by atomic mass is 10.1. The highest BCUT2D eigenvalue weighted by atomic mass is 35.5. The molecule has 5 rings (SSSR count). The number of halogens is 2. The normalized spacial score (nSPS) is 11.2.